The second-order valence-electron chi connectivity index (χ2n) is 8.07. The fourth-order valence-corrected chi connectivity index (χ4v) is 4.11. The van der Waals surface area contributed by atoms with Crippen LogP contribution < -0.4 is 10.9 Å². The Hall–Kier alpha value is -3.75. The van der Waals surface area contributed by atoms with E-state index in [1.54, 1.807) is 4.90 Å². The van der Waals surface area contributed by atoms with Gasteiger partial charge in [0, 0.05) is 31.0 Å². The number of piperidine rings is 1. The number of nitrogens with one attached hydrogen (secondary N) is 2. The van der Waals surface area contributed by atoms with Gasteiger partial charge >= 0.3 is 0 Å². The predicted molar refractivity (Wildman–Crippen MR) is 120 cm³/mol. The molecule has 1 fully saturated rings. The first kappa shape index (κ1) is 22.4. The molecular formula is C24H26FN5O3. The summed E-state index contributed by atoms with van der Waals surface area (Å²) in [6, 6.07) is 13.0. The number of imidazole rings is 1. The lowest BCUT2D eigenvalue weighted by Gasteiger charge is -2.31. The van der Waals surface area contributed by atoms with Gasteiger partial charge in [-0.1, -0.05) is 19.1 Å². The molecule has 0 unspecified atom stereocenters. The minimum Gasteiger partial charge on any atom is -0.339 e. The first-order chi connectivity index (χ1) is 16.0. The molecule has 0 saturated carbocycles. The van der Waals surface area contributed by atoms with Gasteiger partial charge in [-0.15, -0.1) is 0 Å². The van der Waals surface area contributed by atoms with Crippen molar-refractivity contribution in [3.05, 3.63) is 65.7 Å². The first-order valence-corrected chi connectivity index (χ1v) is 11.0. The average molecular weight is 452 g/mol. The Kier molecular flexibility index (Phi) is 6.67. The van der Waals surface area contributed by atoms with Crippen molar-refractivity contribution in [3.8, 4) is 0 Å². The zero-order valence-corrected chi connectivity index (χ0v) is 18.4. The van der Waals surface area contributed by atoms with Crippen molar-refractivity contribution in [2.45, 2.75) is 32.7 Å². The molecule has 8 nitrogen and oxygen atoms in total. The fourth-order valence-electron chi connectivity index (χ4n) is 4.11. The number of aryl methyl sites for hydroxylation is 1. The highest BCUT2D eigenvalue weighted by atomic mass is 19.1. The van der Waals surface area contributed by atoms with Crippen molar-refractivity contribution in [3.63, 3.8) is 0 Å². The van der Waals surface area contributed by atoms with E-state index in [1.165, 1.54) is 24.3 Å². The number of rotatable bonds is 5. The summed E-state index contributed by atoms with van der Waals surface area (Å²) in [5.41, 5.74) is 7.13. The first-order valence-electron chi connectivity index (χ1n) is 11.0. The molecule has 1 aliphatic heterocycles. The van der Waals surface area contributed by atoms with E-state index in [-0.39, 0.29) is 30.2 Å². The van der Waals surface area contributed by atoms with Crippen LogP contribution in [0.5, 0.6) is 0 Å². The molecule has 0 atom stereocenters. The zero-order valence-electron chi connectivity index (χ0n) is 18.4. The van der Waals surface area contributed by atoms with Gasteiger partial charge < -0.3 is 9.47 Å². The molecule has 0 bridgehead atoms. The second-order valence-corrected chi connectivity index (χ2v) is 8.07. The number of hydrazine groups is 1. The molecule has 2 N–H and O–H groups in total. The van der Waals surface area contributed by atoms with Crippen molar-refractivity contribution in [2.75, 3.05) is 13.1 Å². The van der Waals surface area contributed by atoms with Gasteiger partial charge in [0.15, 0.2) is 0 Å². The Morgan fingerprint density at radius 2 is 1.73 bits per heavy atom. The molecule has 2 heterocycles. The number of carbonyl (C=O) groups excluding carboxylic acids is 3. The van der Waals surface area contributed by atoms with Crippen LogP contribution in [0.4, 0.5) is 4.39 Å². The van der Waals surface area contributed by atoms with Crippen LogP contribution in [0.1, 0.15) is 35.9 Å². The van der Waals surface area contributed by atoms with Gasteiger partial charge in [-0.05, 0) is 49.2 Å². The topological polar surface area (TPSA) is 96.3 Å². The summed E-state index contributed by atoms with van der Waals surface area (Å²) in [6.45, 7) is 2.87. The molecule has 33 heavy (non-hydrogen) atoms. The number of halogens is 1. The standard InChI is InChI=1S/C24H26FN5O3/c1-2-21-26-19-5-3-4-6-20(19)30(21)15-22(31)27-28-23(32)16-11-13-29(14-12-16)24(33)17-7-9-18(25)10-8-17/h3-10,16H,2,11-15H2,1H3,(H,27,31)(H,28,32). The molecule has 0 spiro atoms. The van der Waals surface area contributed by atoms with Crippen LogP contribution in [0.2, 0.25) is 0 Å². The lowest BCUT2D eigenvalue weighted by molar-refractivity contribution is -0.132. The third-order valence-corrected chi connectivity index (χ3v) is 5.92. The molecule has 9 heteroatoms. The van der Waals surface area contributed by atoms with E-state index >= 15 is 0 Å². The van der Waals surface area contributed by atoms with Crippen LogP contribution >= 0.6 is 0 Å². The van der Waals surface area contributed by atoms with Crippen molar-refractivity contribution >= 4 is 28.8 Å². The third-order valence-electron chi connectivity index (χ3n) is 5.92. The molecule has 1 aromatic heterocycles. The summed E-state index contributed by atoms with van der Waals surface area (Å²) in [5.74, 6) is -0.690. The number of hydrogen-bond acceptors (Lipinski definition) is 4. The van der Waals surface area contributed by atoms with E-state index in [0.29, 0.717) is 37.9 Å². The number of fused-ring (bicyclic) bond motifs is 1. The minimum atomic E-state index is -0.392. The van der Waals surface area contributed by atoms with Gasteiger partial charge in [0.05, 0.1) is 11.0 Å². The Bertz CT molecular complexity index is 1170. The third kappa shape index (κ3) is 5.02. The molecule has 0 radical (unpaired) electrons. The Labute approximate surface area is 190 Å². The van der Waals surface area contributed by atoms with E-state index in [9.17, 15) is 18.8 Å². The van der Waals surface area contributed by atoms with Crippen molar-refractivity contribution < 1.29 is 18.8 Å². The van der Waals surface area contributed by atoms with Crippen molar-refractivity contribution in [1.29, 1.82) is 0 Å². The predicted octanol–water partition coefficient (Wildman–Crippen LogP) is 2.44. The maximum atomic E-state index is 13.1. The Morgan fingerprint density at radius 1 is 1.03 bits per heavy atom. The largest absolute Gasteiger partial charge is 0.339 e. The summed E-state index contributed by atoms with van der Waals surface area (Å²) in [5, 5.41) is 0. The molecule has 1 saturated heterocycles. The molecule has 1 aliphatic rings. The SMILES string of the molecule is CCc1nc2ccccc2n1CC(=O)NNC(=O)C1CCN(C(=O)c2ccc(F)cc2)CC1. The minimum absolute atomic E-state index is 0.0502. The fraction of sp³-hybridized carbons (Fsp3) is 0.333. The molecule has 3 amide bonds. The van der Waals surface area contributed by atoms with Gasteiger partial charge in [0.25, 0.3) is 11.8 Å². The number of aromatic nitrogens is 2. The summed E-state index contributed by atoms with van der Waals surface area (Å²) in [7, 11) is 0. The number of benzene rings is 2. The summed E-state index contributed by atoms with van der Waals surface area (Å²) >= 11 is 0. The van der Waals surface area contributed by atoms with Crippen LogP contribution in [-0.4, -0.2) is 45.3 Å². The monoisotopic (exact) mass is 451 g/mol. The molecular weight excluding hydrogens is 425 g/mol. The molecule has 172 valence electrons. The van der Waals surface area contributed by atoms with Crippen molar-refractivity contribution in [1.82, 2.24) is 25.3 Å². The molecule has 3 aromatic rings. The normalized spacial score (nSPS) is 14.3. The number of para-hydroxylation sites is 2. The lowest BCUT2D eigenvalue weighted by atomic mass is 9.95. The Morgan fingerprint density at radius 3 is 2.42 bits per heavy atom. The highest BCUT2D eigenvalue weighted by molar-refractivity contribution is 5.94. The summed E-state index contributed by atoms with van der Waals surface area (Å²) in [4.78, 5) is 43.8. The van der Waals surface area contributed by atoms with Gasteiger partial charge in [-0.3, -0.25) is 25.2 Å². The number of hydrogen-bond donors (Lipinski definition) is 2. The van der Waals surface area contributed by atoms with E-state index < -0.39 is 5.82 Å². The quantitative estimate of drug-likeness (QED) is 0.583. The average Bonchev–Trinajstić information content (AvgIpc) is 3.20. The number of likely N-dealkylation sites (tertiary alicyclic amines) is 1. The van der Waals surface area contributed by atoms with Crippen LogP contribution in [0, 0.1) is 11.7 Å². The highest BCUT2D eigenvalue weighted by Gasteiger charge is 2.28. The van der Waals surface area contributed by atoms with Crippen LogP contribution in [0.3, 0.4) is 0 Å². The second kappa shape index (κ2) is 9.81. The molecule has 0 aliphatic carbocycles. The Balaban J connectivity index is 1.27. The van der Waals surface area contributed by atoms with E-state index in [0.717, 1.165) is 16.9 Å². The number of amides is 3. The van der Waals surface area contributed by atoms with E-state index in [4.69, 9.17) is 0 Å². The van der Waals surface area contributed by atoms with Gasteiger partial charge in [-0.2, -0.15) is 0 Å². The molecule has 4 rings (SSSR count). The van der Waals surface area contributed by atoms with Crippen LogP contribution in [-0.2, 0) is 22.6 Å². The summed E-state index contributed by atoms with van der Waals surface area (Å²) in [6.07, 6.45) is 1.66. The lowest BCUT2D eigenvalue weighted by Crippen LogP contribution is -2.48. The smallest absolute Gasteiger partial charge is 0.258 e. The van der Waals surface area contributed by atoms with Crippen LogP contribution in [0.15, 0.2) is 48.5 Å². The van der Waals surface area contributed by atoms with Gasteiger partial charge in [0.1, 0.15) is 18.2 Å². The zero-order chi connectivity index (χ0) is 23.4. The van der Waals surface area contributed by atoms with Crippen LogP contribution in [0.25, 0.3) is 11.0 Å². The molecule has 2 aromatic carbocycles. The summed E-state index contributed by atoms with van der Waals surface area (Å²) < 4.78 is 14.9. The maximum absolute atomic E-state index is 13.1. The number of nitrogens with zero attached hydrogens (tertiary/aromatic N) is 3. The van der Waals surface area contributed by atoms with E-state index in [1.807, 2.05) is 35.8 Å². The van der Waals surface area contributed by atoms with Gasteiger partial charge in [-0.25, -0.2) is 9.37 Å². The maximum Gasteiger partial charge on any atom is 0.258 e. The number of carbonyl (C=O) groups is 3. The van der Waals surface area contributed by atoms with E-state index in [2.05, 4.69) is 15.8 Å². The highest BCUT2D eigenvalue weighted by Crippen LogP contribution is 2.20. The van der Waals surface area contributed by atoms with Gasteiger partial charge in [0.2, 0.25) is 5.91 Å². The van der Waals surface area contributed by atoms with Crippen molar-refractivity contribution in [2.24, 2.45) is 5.92 Å².